The lowest BCUT2D eigenvalue weighted by Crippen LogP contribution is -2.55. The zero-order chi connectivity index (χ0) is 19.6. The van der Waals surface area contributed by atoms with Crippen LogP contribution in [0.5, 0.6) is 0 Å². The van der Waals surface area contributed by atoms with Gasteiger partial charge >= 0.3 is 12.0 Å². The normalized spacial score (nSPS) is 21.6. The van der Waals surface area contributed by atoms with Gasteiger partial charge in [-0.2, -0.15) is 0 Å². The van der Waals surface area contributed by atoms with E-state index in [0.717, 1.165) is 43.3 Å². The highest BCUT2D eigenvalue weighted by Gasteiger charge is 2.37. The Morgan fingerprint density at radius 3 is 2.41 bits per heavy atom. The van der Waals surface area contributed by atoms with Crippen LogP contribution < -0.4 is 10.6 Å². The highest BCUT2D eigenvalue weighted by atomic mass is 32.2. The van der Waals surface area contributed by atoms with E-state index in [0.29, 0.717) is 18.8 Å². The summed E-state index contributed by atoms with van der Waals surface area (Å²) in [5, 5.41) is 14.3. The molecule has 0 unspecified atom stereocenters. The molecule has 9 heteroatoms. The summed E-state index contributed by atoms with van der Waals surface area (Å²) in [6, 6.07) is 1.71. The Hall–Kier alpha value is -1.87. The molecule has 3 rings (SSSR count). The third-order valence-electron chi connectivity index (χ3n) is 4.95. The SMILES string of the molecule is CSc1c(F)cc(NC(=O)NC2CC(N(CC(=O)O)CC3CC3)C2)cc1F. The number of carbonyl (C=O) groups is 2. The Bertz CT molecular complexity index is 701. The second-order valence-electron chi connectivity index (χ2n) is 7.16. The van der Waals surface area contributed by atoms with E-state index in [1.807, 2.05) is 4.90 Å². The van der Waals surface area contributed by atoms with Crippen molar-refractivity contribution in [2.24, 2.45) is 5.92 Å². The molecule has 0 saturated heterocycles. The van der Waals surface area contributed by atoms with Crippen LogP contribution in [0.15, 0.2) is 17.0 Å². The summed E-state index contributed by atoms with van der Waals surface area (Å²) < 4.78 is 27.5. The molecule has 2 aliphatic carbocycles. The summed E-state index contributed by atoms with van der Waals surface area (Å²) in [5.74, 6) is -1.69. The van der Waals surface area contributed by atoms with Gasteiger partial charge in [-0.1, -0.05) is 0 Å². The number of aliphatic carboxylic acids is 1. The molecule has 1 aromatic carbocycles. The van der Waals surface area contributed by atoms with E-state index in [2.05, 4.69) is 10.6 Å². The monoisotopic (exact) mass is 399 g/mol. The fraction of sp³-hybridized carbons (Fsp3) is 0.556. The fourth-order valence-corrected chi connectivity index (χ4v) is 3.84. The molecule has 2 saturated carbocycles. The van der Waals surface area contributed by atoms with Gasteiger partial charge in [-0.15, -0.1) is 11.8 Å². The summed E-state index contributed by atoms with van der Waals surface area (Å²) in [5.41, 5.74) is 0.0532. The van der Waals surface area contributed by atoms with Gasteiger partial charge in [-0.3, -0.25) is 9.69 Å². The average Bonchev–Trinajstić information content (AvgIpc) is 3.33. The second kappa shape index (κ2) is 8.43. The Kier molecular flexibility index (Phi) is 6.21. The van der Waals surface area contributed by atoms with Crippen LogP contribution >= 0.6 is 11.8 Å². The summed E-state index contributed by atoms with van der Waals surface area (Å²) >= 11 is 0.964. The van der Waals surface area contributed by atoms with Crippen LogP contribution in [0, 0.1) is 17.6 Å². The zero-order valence-corrected chi connectivity index (χ0v) is 15.8. The minimum atomic E-state index is -0.845. The van der Waals surface area contributed by atoms with Gasteiger partial charge < -0.3 is 15.7 Å². The number of carbonyl (C=O) groups excluding carboxylic acids is 1. The molecule has 0 spiro atoms. The van der Waals surface area contributed by atoms with Crippen molar-refractivity contribution in [1.29, 1.82) is 0 Å². The number of rotatable bonds is 8. The van der Waals surface area contributed by atoms with Gasteiger partial charge in [0.2, 0.25) is 0 Å². The molecule has 6 nitrogen and oxygen atoms in total. The first-order valence-corrected chi connectivity index (χ1v) is 10.1. The van der Waals surface area contributed by atoms with E-state index in [1.165, 1.54) is 0 Å². The molecule has 148 valence electrons. The van der Waals surface area contributed by atoms with Crippen molar-refractivity contribution < 1.29 is 23.5 Å². The van der Waals surface area contributed by atoms with Gasteiger partial charge in [-0.25, -0.2) is 13.6 Å². The van der Waals surface area contributed by atoms with Gasteiger partial charge in [0, 0.05) is 24.3 Å². The van der Waals surface area contributed by atoms with Crippen molar-refractivity contribution in [2.45, 2.75) is 42.7 Å². The molecule has 0 aliphatic heterocycles. The van der Waals surface area contributed by atoms with Gasteiger partial charge in [0.1, 0.15) is 11.6 Å². The van der Waals surface area contributed by atoms with E-state index in [4.69, 9.17) is 5.11 Å². The van der Waals surface area contributed by atoms with Crippen LogP contribution in [0.1, 0.15) is 25.7 Å². The van der Waals surface area contributed by atoms with Gasteiger partial charge in [0.25, 0.3) is 0 Å². The maximum absolute atomic E-state index is 13.8. The average molecular weight is 399 g/mol. The summed E-state index contributed by atoms with van der Waals surface area (Å²) in [7, 11) is 0. The number of anilines is 1. The number of nitrogens with one attached hydrogen (secondary N) is 2. The van der Waals surface area contributed by atoms with Crippen LogP contribution in [0.2, 0.25) is 0 Å². The topological polar surface area (TPSA) is 81.7 Å². The number of carboxylic acid groups (broad SMARTS) is 1. The maximum atomic E-state index is 13.8. The number of hydrogen-bond donors (Lipinski definition) is 3. The van der Waals surface area contributed by atoms with Crippen molar-refractivity contribution in [3.63, 3.8) is 0 Å². The van der Waals surface area contributed by atoms with Crippen LogP contribution in [0.25, 0.3) is 0 Å². The molecule has 3 N–H and O–H groups in total. The largest absolute Gasteiger partial charge is 0.480 e. The Balaban J connectivity index is 1.47. The van der Waals surface area contributed by atoms with Crippen LogP contribution in [-0.2, 0) is 4.79 Å². The Morgan fingerprint density at radius 1 is 1.26 bits per heavy atom. The molecule has 0 atom stereocenters. The van der Waals surface area contributed by atoms with Crippen molar-refractivity contribution in [3.05, 3.63) is 23.8 Å². The Labute approximate surface area is 160 Å². The van der Waals surface area contributed by atoms with Crippen molar-refractivity contribution in [1.82, 2.24) is 10.2 Å². The molecule has 0 aromatic heterocycles. The molecule has 0 bridgehead atoms. The van der Waals surface area contributed by atoms with Crippen molar-refractivity contribution >= 4 is 29.4 Å². The smallest absolute Gasteiger partial charge is 0.319 e. The molecular formula is C18H23F2N3O3S. The van der Waals surface area contributed by atoms with Crippen molar-refractivity contribution in [2.75, 3.05) is 24.7 Å². The predicted molar refractivity (Wildman–Crippen MR) is 99.0 cm³/mol. The third kappa shape index (κ3) is 5.32. The minimum absolute atomic E-state index is 0.0143. The van der Waals surface area contributed by atoms with Gasteiger partial charge in [0.15, 0.2) is 0 Å². The number of urea groups is 1. The number of carboxylic acids is 1. The lowest BCUT2D eigenvalue weighted by Gasteiger charge is -2.42. The van der Waals surface area contributed by atoms with Crippen LogP contribution in [-0.4, -0.2) is 53.4 Å². The number of nitrogens with zero attached hydrogens (tertiary/aromatic N) is 1. The minimum Gasteiger partial charge on any atom is -0.480 e. The predicted octanol–water partition coefficient (Wildman–Crippen LogP) is 3.14. The second-order valence-corrected chi connectivity index (χ2v) is 7.98. The fourth-order valence-electron chi connectivity index (χ4n) is 3.33. The third-order valence-corrected chi connectivity index (χ3v) is 5.75. The highest BCUT2D eigenvalue weighted by molar-refractivity contribution is 7.98. The van der Waals surface area contributed by atoms with Crippen LogP contribution in [0.3, 0.4) is 0 Å². The number of benzene rings is 1. The molecule has 2 fully saturated rings. The standard InChI is InChI=1S/C18H23F2N3O3S/c1-27-17-14(19)6-12(7-15(17)20)22-18(26)21-11-4-13(5-11)23(9-16(24)25)8-10-2-3-10/h6-7,10-11,13H,2-5,8-9H2,1H3,(H,24,25)(H2,21,22,26). The lowest BCUT2D eigenvalue weighted by molar-refractivity contribution is -0.139. The van der Waals surface area contributed by atoms with E-state index >= 15 is 0 Å². The molecule has 0 radical (unpaired) electrons. The zero-order valence-electron chi connectivity index (χ0n) is 15.0. The Morgan fingerprint density at radius 2 is 1.89 bits per heavy atom. The molecule has 2 amide bonds. The lowest BCUT2D eigenvalue weighted by atomic mass is 9.85. The maximum Gasteiger partial charge on any atom is 0.319 e. The molecular weight excluding hydrogens is 376 g/mol. The summed E-state index contributed by atoms with van der Waals surface area (Å²) in [6.45, 7) is 0.802. The number of halogens is 2. The first-order valence-electron chi connectivity index (χ1n) is 8.92. The van der Waals surface area contributed by atoms with Gasteiger partial charge in [-0.05, 0) is 50.0 Å². The van der Waals surface area contributed by atoms with Crippen LogP contribution in [0.4, 0.5) is 19.3 Å². The van der Waals surface area contributed by atoms with E-state index in [1.54, 1.807) is 6.26 Å². The summed E-state index contributed by atoms with van der Waals surface area (Å²) in [4.78, 5) is 25.0. The molecule has 0 heterocycles. The van der Waals surface area contributed by atoms with E-state index in [9.17, 15) is 18.4 Å². The molecule has 2 aliphatic rings. The molecule has 1 aromatic rings. The van der Waals surface area contributed by atoms with E-state index < -0.39 is 23.6 Å². The first kappa shape index (κ1) is 19.9. The highest BCUT2D eigenvalue weighted by Crippen LogP contribution is 2.34. The van der Waals surface area contributed by atoms with Crippen molar-refractivity contribution in [3.8, 4) is 0 Å². The first-order chi connectivity index (χ1) is 12.9. The van der Waals surface area contributed by atoms with Gasteiger partial charge in [0.05, 0.1) is 11.4 Å². The summed E-state index contributed by atoms with van der Waals surface area (Å²) in [6.07, 6.45) is 5.21. The quantitative estimate of drug-likeness (QED) is 0.585. The number of amides is 2. The number of thioether (sulfide) groups is 1. The van der Waals surface area contributed by atoms with E-state index in [-0.39, 0.29) is 29.2 Å². The number of hydrogen-bond acceptors (Lipinski definition) is 4. The molecule has 27 heavy (non-hydrogen) atoms.